The van der Waals surface area contributed by atoms with Crippen LogP contribution in [-0.4, -0.2) is 37.2 Å². The zero-order valence-electron chi connectivity index (χ0n) is 41.5. The summed E-state index contributed by atoms with van der Waals surface area (Å²) in [5, 5.41) is 0. The number of hydrogen-bond acceptors (Lipinski definition) is 6. The van der Waals surface area contributed by atoms with E-state index in [4.69, 9.17) is 14.2 Å². The molecule has 0 fully saturated rings. The van der Waals surface area contributed by atoms with Crippen molar-refractivity contribution in [1.29, 1.82) is 0 Å². The molecule has 0 aromatic heterocycles. The summed E-state index contributed by atoms with van der Waals surface area (Å²) >= 11 is 0. The standard InChI is InChI=1S/C58H96O6/c1-4-7-10-13-16-19-22-24-26-28-30-31-33-36-39-42-45-48-51-57(60)63-54-55(53-62-56(59)50-47-44-41-38-35-21-18-15-12-9-6-3)64-58(61)52-49-46-43-40-37-34-32-29-27-25-23-20-17-14-11-8-5-2/h8,11,14,17,20,23,25-32,34,37,55H,4-7,9-10,12-13,15-16,18-19,21-22,24,33,35-36,38-54H2,1-3H3/b11-8-,17-14-,23-20-,27-25-,28-26-,31-30-,32-29+,37-34-. The smallest absolute Gasteiger partial charge is 0.306 e. The lowest BCUT2D eigenvalue weighted by Crippen LogP contribution is -2.30. The van der Waals surface area contributed by atoms with Crippen molar-refractivity contribution in [3.63, 3.8) is 0 Å². The van der Waals surface area contributed by atoms with Gasteiger partial charge >= 0.3 is 17.9 Å². The molecule has 1 unspecified atom stereocenters. The van der Waals surface area contributed by atoms with Crippen LogP contribution in [0.25, 0.3) is 0 Å². The summed E-state index contributed by atoms with van der Waals surface area (Å²) in [7, 11) is 0. The fourth-order valence-electron chi connectivity index (χ4n) is 7.05. The van der Waals surface area contributed by atoms with Gasteiger partial charge in [-0.15, -0.1) is 0 Å². The van der Waals surface area contributed by atoms with Crippen LogP contribution in [0.5, 0.6) is 0 Å². The van der Waals surface area contributed by atoms with Crippen molar-refractivity contribution in [3.8, 4) is 0 Å². The zero-order valence-corrected chi connectivity index (χ0v) is 41.5. The van der Waals surface area contributed by atoms with Crippen molar-refractivity contribution in [1.82, 2.24) is 0 Å². The summed E-state index contributed by atoms with van der Waals surface area (Å²) in [6.07, 6.45) is 68.1. The molecule has 0 aliphatic heterocycles. The molecule has 0 aromatic rings. The molecule has 0 aliphatic rings. The normalized spacial score (nSPS) is 12.9. The van der Waals surface area contributed by atoms with Crippen LogP contribution in [-0.2, 0) is 28.6 Å². The Labute approximate surface area is 394 Å². The Morgan fingerprint density at radius 2 is 0.609 bits per heavy atom. The van der Waals surface area contributed by atoms with E-state index >= 15 is 0 Å². The van der Waals surface area contributed by atoms with Crippen molar-refractivity contribution in [3.05, 3.63) is 97.2 Å². The first kappa shape index (κ1) is 60.3. The van der Waals surface area contributed by atoms with Gasteiger partial charge in [-0.05, 0) is 64.2 Å². The van der Waals surface area contributed by atoms with Gasteiger partial charge in [-0.3, -0.25) is 14.4 Å². The average molecular weight is 889 g/mol. The first-order chi connectivity index (χ1) is 31.5. The molecule has 0 N–H and O–H groups in total. The van der Waals surface area contributed by atoms with E-state index < -0.39 is 6.10 Å². The van der Waals surface area contributed by atoms with E-state index in [0.717, 1.165) is 83.5 Å². The molecule has 6 heteroatoms. The lowest BCUT2D eigenvalue weighted by molar-refractivity contribution is -0.167. The highest BCUT2D eigenvalue weighted by atomic mass is 16.6. The number of hydrogen-bond donors (Lipinski definition) is 0. The Kier molecular flexibility index (Phi) is 49.0. The van der Waals surface area contributed by atoms with E-state index in [9.17, 15) is 14.4 Å². The quantitative estimate of drug-likeness (QED) is 0.0262. The molecule has 1 atom stereocenters. The van der Waals surface area contributed by atoms with E-state index in [1.54, 1.807) is 0 Å². The fraction of sp³-hybridized carbons (Fsp3) is 0.672. The molecular weight excluding hydrogens is 793 g/mol. The van der Waals surface area contributed by atoms with Crippen LogP contribution >= 0.6 is 0 Å². The Hall–Kier alpha value is -3.67. The maximum atomic E-state index is 12.8. The van der Waals surface area contributed by atoms with Gasteiger partial charge in [0.1, 0.15) is 13.2 Å². The minimum atomic E-state index is -0.806. The first-order valence-electron chi connectivity index (χ1n) is 26.3. The third-order valence-corrected chi connectivity index (χ3v) is 11.0. The molecule has 0 spiro atoms. The number of carbonyl (C=O) groups is 3. The van der Waals surface area contributed by atoms with Crippen molar-refractivity contribution in [2.45, 2.75) is 239 Å². The average Bonchev–Trinajstić information content (AvgIpc) is 3.29. The second kappa shape index (κ2) is 52.0. The molecule has 364 valence electrons. The summed E-state index contributed by atoms with van der Waals surface area (Å²) in [5.41, 5.74) is 0. The minimum Gasteiger partial charge on any atom is -0.462 e. The van der Waals surface area contributed by atoms with Gasteiger partial charge in [0.2, 0.25) is 0 Å². The van der Waals surface area contributed by atoms with Gasteiger partial charge in [-0.2, -0.15) is 0 Å². The van der Waals surface area contributed by atoms with Gasteiger partial charge in [0.25, 0.3) is 0 Å². The molecule has 0 bridgehead atoms. The van der Waals surface area contributed by atoms with Gasteiger partial charge in [-0.25, -0.2) is 0 Å². The fourth-order valence-corrected chi connectivity index (χ4v) is 7.05. The Balaban J connectivity index is 4.49. The number of rotatable bonds is 46. The van der Waals surface area contributed by atoms with E-state index in [2.05, 4.69) is 57.2 Å². The topological polar surface area (TPSA) is 78.9 Å². The summed E-state index contributed by atoms with van der Waals surface area (Å²) in [5.74, 6) is -0.962. The number of allylic oxidation sites excluding steroid dienone is 16. The van der Waals surface area contributed by atoms with Crippen LogP contribution in [0.15, 0.2) is 97.2 Å². The maximum absolute atomic E-state index is 12.8. The number of esters is 3. The van der Waals surface area contributed by atoms with Gasteiger partial charge in [0.15, 0.2) is 6.10 Å². The predicted molar refractivity (Wildman–Crippen MR) is 274 cm³/mol. The second-order valence-electron chi connectivity index (χ2n) is 17.2. The molecule has 0 aromatic carbocycles. The van der Waals surface area contributed by atoms with Gasteiger partial charge in [-0.1, -0.05) is 246 Å². The SMILES string of the molecule is CC\C=C/C=C\C=C/C=C\C=C\C=C/CCCCCC(=O)OC(COC(=O)CCCCCCC/C=C\C=C/CCCCCCCCC)COC(=O)CCCCCCCCCCCCC. The van der Waals surface area contributed by atoms with Gasteiger partial charge < -0.3 is 14.2 Å². The Morgan fingerprint density at radius 3 is 0.984 bits per heavy atom. The van der Waals surface area contributed by atoms with Crippen LogP contribution in [0.2, 0.25) is 0 Å². The maximum Gasteiger partial charge on any atom is 0.306 e. The van der Waals surface area contributed by atoms with Gasteiger partial charge in [0.05, 0.1) is 0 Å². The van der Waals surface area contributed by atoms with Gasteiger partial charge in [0, 0.05) is 19.3 Å². The molecule has 64 heavy (non-hydrogen) atoms. The molecular formula is C58H96O6. The van der Waals surface area contributed by atoms with Crippen LogP contribution in [0.4, 0.5) is 0 Å². The van der Waals surface area contributed by atoms with Crippen molar-refractivity contribution in [2.75, 3.05) is 13.2 Å². The van der Waals surface area contributed by atoms with E-state index in [1.165, 1.54) is 103 Å². The summed E-state index contributed by atoms with van der Waals surface area (Å²) in [4.78, 5) is 38.0. The second-order valence-corrected chi connectivity index (χ2v) is 17.2. The minimum absolute atomic E-state index is 0.100. The largest absolute Gasteiger partial charge is 0.462 e. The lowest BCUT2D eigenvalue weighted by Gasteiger charge is -2.18. The van der Waals surface area contributed by atoms with Crippen LogP contribution in [0.1, 0.15) is 233 Å². The number of ether oxygens (including phenoxy) is 3. The molecule has 0 saturated carbocycles. The first-order valence-corrected chi connectivity index (χ1v) is 26.3. The Morgan fingerprint density at radius 1 is 0.328 bits per heavy atom. The van der Waals surface area contributed by atoms with Crippen LogP contribution in [0.3, 0.4) is 0 Å². The molecule has 0 heterocycles. The summed E-state index contributed by atoms with van der Waals surface area (Å²) in [6.45, 7) is 6.43. The van der Waals surface area contributed by atoms with Crippen LogP contribution < -0.4 is 0 Å². The number of unbranched alkanes of at least 4 members (excludes halogenated alkanes) is 25. The molecule has 0 rings (SSSR count). The van der Waals surface area contributed by atoms with E-state index in [-0.39, 0.29) is 37.5 Å². The van der Waals surface area contributed by atoms with E-state index in [1.807, 2.05) is 60.8 Å². The molecule has 0 saturated heterocycles. The third-order valence-electron chi connectivity index (χ3n) is 11.0. The predicted octanol–water partition coefficient (Wildman–Crippen LogP) is 17.4. The molecule has 0 aliphatic carbocycles. The monoisotopic (exact) mass is 889 g/mol. The molecule has 0 amide bonds. The third kappa shape index (κ3) is 49.3. The van der Waals surface area contributed by atoms with E-state index in [0.29, 0.717) is 19.3 Å². The lowest BCUT2D eigenvalue weighted by atomic mass is 10.1. The Bertz CT molecular complexity index is 1300. The zero-order chi connectivity index (χ0) is 46.5. The molecule has 0 radical (unpaired) electrons. The number of carbonyl (C=O) groups excluding carboxylic acids is 3. The van der Waals surface area contributed by atoms with Crippen LogP contribution in [0, 0.1) is 0 Å². The highest BCUT2D eigenvalue weighted by Crippen LogP contribution is 2.14. The highest BCUT2D eigenvalue weighted by molar-refractivity contribution is 5.71. The summed E-state index contributed by atoms with van der Waals surface area (Å²) in [6, 6.07) is 0. The van der Waals surface area contributed by atoms with Crippen molar-refractivity contribution >= 4 is 17.9 Å². The summed E-state index contributed by atoms with van der Waals surface area (Å²) < 4.78 is 16.7. The highest BCUT2D eigenvalue weighted by Gasteiger charge is 2.19. The molecule has 6 nitrogen and oxygen atoms in total. The van der Waals surface area contributed by atoms with Crippen molar-refractivity contribution < 1.29 is 28.6 Å². The van der Waals surface area contributed by atoms with Crippen molar-refractivity contribution in [2.24, 2.45) is 0 Å².